The van der Waals surface area contributed by atoms with E-state index in [4.69, 9.17) is 5.73 Å². The van der Waals surface area contributed by atoms with E-state index in [-0.39, 0.29) is 46.5 Å². The molecule has 32 heavy (non-hydrogen) atoms. The Hall–Kier alpha value is -1.75. The van der Waals surface area contributed by atoms with Crippen molar-refractivity contribution in [2.45, 2.75) is 20.8 Å². The third-order valence-electron chi connectivity index (χ3n) is 4.07. The summed E-state index contributed by atoms with van der Waals surface area (Å²) in [5.41, 5.74) is 6.12. The van der Waals surface area contributed by atoms with Gasteiger partial charge in [0.15, 0.2) is 0 Å². The molecule has 6 heteroatoms. The van der Waals surface area contributed by atoms with Crippen LogP contribution in [-0.4, -0.2) is 15.4 Å². The number of hydrogen-bond acceptors (Lipinski definition) is 1. The third kappa shape index (κ3) is 12.3. The van der Waals surface area contributed by atoms with Gasteiger partial charge in [0.1, 0.15) is 9.52 Å². The average Bonchev–Trinajstić information content (AvgIpc) is 3.19. The van der Waals surface area contributed by atoms with Crippen LogP contribution >= 0.6 is 0 Å². The van der Waals surface area contributed by atoms with Gasteiger partial charge in [0, 0.05) is 5.41 Å². The van der Waals surface area contributed by atoms with Gasteiger partial charge in [-0.1, -0.05) is 97.9 Å². The molecule has 0 heterocycles. The number of carbonyl (C=O) groups excluding carboxylic acids is 1. The number of benzene rings is 3. The zero-order chi connectivity index (χ0) is 21.1. The van der Waals surface area contributed by atoms with E-state index < -0.39 is 11.3 Å². The van der Waals surface area contributed by atoms with E-state index in [1.807, 2.05) is 0 Å². The van der Waals surface area contributed by atoms with E-state index in [1.54, 1.807) is 20.8 Å². The molecule has 0 aliphatic rings. The Kier molecular flexibility index (Phi) is 17.1. The van der Waals surface area contributed by atoms with E-state index >= 15 is 0 Å². The summed E-state index contributed by atoms with van der Waals surface area (Å²) in [6, 6.07) is 35.8. The van der Waals surface area contributed by atoms with Gasteiger partial charge in [0.25, 0.3) is 0 Å². The maximum Gasteiger partial charge on any atom is 4.00 e. The fourth-order valence-electron chi connectivity index (χ4n) is 2.28. The minimum absolute atomic E-state index is 0. The number of amides is 1. The molecule has 0 aliphatic heterocycles. The summed E-state index contributed by atoms with van der Waals surface area (Å²) in [5, 5.41) is 5.46. The van der Waals surface area contributed by atoms with Crippen LogP contribution in [0.1, 0.15) is 20.8 Å². The van der Waals surface area contributed by atoms with Crippen LogP contribution in [0.15, 0.2) is 103 Å². The van der Waals surface area contributed by atoms with E-state index in [0.717, 1.165) is 9.52 Å². The first kappa shape index (κ1) is 32.4. The van der Waals surface area contributed by atoms with Crippen LogP contribution in [0, 0.1) is 5.41 Å². The van der Waals surface area contributed by atoms with Crippen molar-refractivity contribution in [2.24, 2.45) is 5.41 Å². The molecule has 0 saturated carbocycles. The molecule has 2 nitrogen and oxygen atoms in total. The number of hydrogen-bond donors (Lipinski definition) is 0. The summed E-state index contributed by atoms with van der Waals surface area (Å²) in [4.78, 5) is 10.1. The summed E-state index contributed by atoms with van der Waals surface area (Å²) >= 11 is 0. The summed E-state index contributed by atoms with van der Waals surface area (Å²) in [6.45, 7) is 5.17. The number of fused-ring (bicyclic) bond motifs is 1. The van der Waals surface area contributed by atoms with E-state index in [0.29, 0.717) is 0 Å². The van der Waals surface area contributed by atoms with Gasteiger partial charge in [0.2, 0.25) is 0 Å². The van der Waals surface area contributed by atoms with Crippen molar-refractivity contribution in [3.8, 4) is 0 Å². The molecule has 0 spiro atoms. The predicted molar refractivity (Wildman–Crippen MR) is 126 cm³/mol. The first-order valence-corrected chi connectivity index (χ1v) is 10.6. The number of nitrogens with one attached hydrogen (secondary N) is 1. The van der Waals surface area contributed by atoms with E-state index in [1.165, 1.54) is 21.1 Å². The molecule has 4 aromatic carbocycles. The van der Waals surface area contributed by atoms with Gasteiger partial charge in [-0.2, -0.15) is 17.5 Å². The molecule has 0 bridgehead atoms. The van der Waals surface area contributed by atoms with Crippen LogP contribution in [-0.2, 0) is 26.5 Å². The van der Waals surface area contributed by atoms with Crippen molar-refractivity contribution in [2.75, 3.05) is 0 Å². The van der Waals surface area contributed by atoms with Crippen LogP contribution in [0.4, 0.5) is 0 Å². The molecular formula is C26H27Cl2NOSiTi. The number of halogens is 2. The van der Waals surface area contributed by atoms with Crippen LogP contribution in [0.5, 0.6) is 0 Å². The maximum absolute atomic E-state index is 10.1. The molecule has 164 valence electrons. The molecule has 4 rings (SSSR count). The van der Waals surface area contributed by atoms with Crippen molar-refractivity contribution >= 4 is 36.6 Å². The van der Waals surface area contributed by atoms with Gasteiger partial charge in [0.05, 0.1) is 5.91 Å². The molecule has 0 aromatic heterocycles. The molecule has 0 aliphatic carbocycles. The second kappa shape index (κ2) is 16.8. The van der Waals surface area contributed by atoms with Gasteiger partial charge < -0.3 is 35.3 Å². The first-order chi connectivity index (χ1) is 13.9. The smallest absolute Gasteiger partial charge is 1.00 e. The van der Waals surface area contributed by atoms with E-state index in [2.05, 4.69) is 103 Å². The molecule has 4 aromatic rings. The normalized spacial score (nSPS) is 9.34. The topological polar surface area (TPSA) is 40.9 Å². The molecular weight excluding hydrogens is 489 g/mol. The molecule has 2 radical (unpaired) electrons. The van der Waals surface area contributed by atoms with Crippen molar-refractivity contribution in [1.82, 2.24) is 0 Å². The zero-order valence-corrected chi connectivity index (χ0v) is 22.6. The first-order valence-electron chi connectivity index (χ1n) is 9.60. The van der Waals surface area contributed by atoms with Crippen LogP contribution in [0.2, 0.25) is 0 Å². The zero-order valence-electron chi connectivity index (χ0n) is 18.5. The SMILES string of the molecule is CC(C)(C)C([NH-])=O.[Cl-].[Cl-].[Ti+4].c1ccc([Si]c2ccccc2)cc1.c1ccc2[cH-]ccc2c1. The summed E-state index contributed by atoms with van der Waals surface area (Å²) in [7, 11) is 0.777. The summed E-state index contributed by atoms with van der Waals surface area (Å²) in [6.07, 6.45) is 0. The van der Waals surface area contributed by atoms with Crippen molar-refractivity contribution in [3.05, 3.63) is 109 Å². The Morgan fingerprint density at radius 3 is 1.56 bits per heavy atom. The van der Waals surface area contributed by atoms with Crippen LogP contribution in [0.25, 0.3) is 16.5 Å². The van der Waals surface area contributed by atoms with E-state index in [9.17, 15) is 4.79 Å². The van der Waals surface area contributed by atoms with Gasteiger partial charge in [-0.15, -0.1) is 29.7 Å². The molecule has 0 saturated heterocycles. The molecule has 1 N–H and O–H groups in total. The fraction of sp³-hybridized carbons (Fsp3) is 0.154. The molecule has 0 fully saturated rings. The van der Waals surface area contributed by atoms with Crippen LogP contribution in [0.3, 0.4) is 0 Å². The van der Waals surface area contributed by atoms with Gasteiger partial charge in [-0.3, -0.25) is 0 Å². The Balaban J connectivity index is 0. The van der Waals surface area contributed by atoms with Crippen LogP contribution < -0.4 is 35.2 Å². The van der Waals surface area contributed by atoms with Gasteiger partial charge in [-0.25, -0.2) is 0 Å². The largest absolute Gasteiger partial charge is 4.00 e. The Bertz CT molecular complexity index is 935. The standard InChI is InChI=1S/C12H10Si.C9H7.C5H11NO.2ClH.Ti/c1-3-7-11(8-4-1)13-12-9-5-2-6-10-12;1-2-5-9-7-3-6-8(9)4-1;1-5(2,3)4(6)7;;;/h1-10H;1-7H;1-3H3,(H2,6,7);2*1H;/q;-1;;;;+4/p-3. The average molecular weight is 516 g/mol. The van der Waals surface area contributed by atoms with Crippen molar-refractivity contribution in [1.29, 1.82) is 0 Å². The second-order valence-electron chi connectivity index (χ2n) is 7.59. The van der Waals surface area contributed by atoms with Crippen molar-refractivity contribution < 1.29 is 51.3 Å². The second-order valence-corrected chi connectivity index (χ2v) is 9.00. The Morgan fingerprint density at radius 2 is 1.16 bits per heavy atom. The summed E-state index contributed by atoms with van der Waals surface area (Å²) in [5.74, 6) is -0.507. The molecule has 0 atom stereocenters. The minimum Gasteiger partial charge on any atom is -1.00 e. The fourth-order valence-corrected chi connectivity index (χ4v) is 3.33. The molecule has 0 unspecified atom stereocenters. The quantitative estimate of drug-likeness (QED) is 0.262. The maximum atomic E-state index is 10.1. The minimum atomic E-state index is -0.507. The third-order valence-corrected chi connectivity index (χ3v) is 5.31. The van der Waals surface area contributed by atoms with Crippen molar-refractivity contribution in [3.63, 3.8) is 0 Å². The van der Waals surface area contributed by atoms with Gasteiger partial charge >= 0.3 is 21.7 Å². The Labute approximate surface area is 221 Å². The summed E-state index contributed by atoms with van der Waals surface area (Å²) < 4.78 is 0. The predicted octanol–water partition coefficient (Wildman–Crippen LogP) is -0.483. The number of carbonyl (C=O) groups is 1. The number of rotatable bonds is 2. The Morgan fingerprint density at radius 1 is 0.750 bits per heavy atom. The monoisotopic (exact) mass is 515 g/mol. The molecule has 1 amide bonds. The van der Waals surface area contributed by atoms with Gasteiger partial charge in [-0.05, 0) is 0 Å².